The summed E-state index contributed by atoms with van der Waals surface area (Å²) in [5.74, 6) is -2.75. The molecule has 3 aromatic carbocycles. The van der Waals surface area contributed by atoms with Gasteiger partial charge in [-0.3, -0.25) is 19.2 Å². The van der Waals surface area contributed by atoms with Gasteiger partial charge in [0.2, 0.25) is 0 Å². The van der Waals surface area contributed by atoms with Crippen molar-refractivity contribution in [2.24, 2.45) is 0 Å². The lowest BCUT2D eigenvalue weighted by molar-refractivity contribution is -0.00684. The van der Waals surface area contributed by atoms with Crippen molar-refractivity contribution in [2.75, 3.05) is 0 Å². The highest BCUT2D eigenvalue weighted by Crippen LogP contribution is 2.46. The zero-order valence-corrected chi connectivity index (χ0v) is 25.7. The maximum absolute atomic E-state index is 13.8. The number of amides is 3. The molecule has 11 heteroatoms. The van der Waals surface area contributed by atoms with Crippen molar-refractivity contribution < 1.29 is 19.2 Å². The Balaban J connectivity index is 1.88. The second kappa shape index (κ2) is 10.5. The highest BCUT2D eigenvalue weighted by atomic mass is 79.9. The number of rotatable bonds is 5. The summed E-state index contributed by atoms with van der Waals surface area (Å²) >= 11 is 19.8. The molecule has 0 unspecified atom stereocenters. The van der Waals surface area contributed by atoms with E-state index in [2.05, 4.69) is 63.7 Å². The Morgan fingerprint density at radius 2 is 1.33 bits per heavy atom. The Kier molecular flexibility index (Phi) is 7.92. The SMILES string of the molecule is Cc1ccc(C(=O)[C@@H](C)N(C(=O)c2ccccc2Cl)N2C(=O)c3c(Br)c(Br)c(Br)c(Br)c3C2=O)cc1. The van der Waals surface area contributed by atoms with Crippen LogP contribution in [0.1, 0.15) is 53.9 Å². The van der Waals surface area contributed by atoms with Crippen molar-refractivity contribution >= 4 is 98.8 Å². The lowest BCUT2D eigenvalue weighted by atomic mass is 10.0. The van der Waals surface area contributed by atoms with E-state index < -0.39 is 29.5 Å². The molecule has 0 saturated heterocycles. The minimum absolute atomic E-state index is 0.0415. The van der Waals surface area contributed by atoms with E-state index >= 15 is 0 Å². The third kappa shape index (κ3) is 4.51. The van der Waals surface area contributed by atoms with Crippen LogP contribution in [0.15, 0.2) is 66.4 Å². The van der Waals surface area contributed by atoms with Gasteiger partial charge in [-0.1, -0.05) is 53.6 Å². The third-order valence-electron chi connectivity index (χ3n) is 5.69. The number of hydrazine groups is 1. The molecular formula is C25H15Br4ClN2O4. The molecule has 0 spiro atoms. The Morgan fingerprint density at radius 3 is 1.83 bits per heavy atom. The first-order chi connectivity index (χ1) is 17.0. The van der Waals surface area contributed by atoms with Crippen LogP contribution in [0.2, 0.25) is 5.02 Å². The second-order valence-corrected chi connectivity index (χ2v) is 11.5. The van der Waals surface area contributed by atoms with E-state index in [0.29, 0.717) is 28.5 Å². The smallest absolute Gasteiger partial charge is 0.282 e. The molecule has 1 aliphatic heterocycles. The fourth-order valence-corrected chi connectivity index (χ4v) is 6.47. The Bertz CT molecular complexity index is 1410. The van der Waals surface area contributed by atoms with Crippen LogP contribution < -0.4 is 0 Å². The van der Waals surface area contributed by atoms with Crippen LogP contribution in [0.5, 0.6) is 0 Å². The molecule has 6 nitrogen and oxygen atoms in total. The minimum atomic E-state index is -1.22. The van der Waals surface area contributed by atoms with Gasteiger partial charge in [-0.15, -0.1) is 0 Å². The molecule has 0 aromatic heterocycles. The van der Waals surface area contributed by atoms with E-state index in [0.717, 1.165) is 10.6 Å². The van der Waals surface area contributed by atoms with Crippen molar-refractivity contribution in [3.63, 3.8) is 0 Å². The number of Topliss-reactive ketones (excluding diaryl/α,β-unsaturated/α-hetero) is 1. The van der Waals surface area contributed by atoms with Crippen molar-refractivity contribution in [1.82, 2.24) is 10.0 Å². The maximum Gasteiger partial charge on any atom is 0.282 e. The summed E-state index contributed by atoms with van der Waals surface area (Å²) < 4.78 is 1.67. The standard InChI is InChI=1S/C25H15Br4ClN2O4/c1-11-7-9-13(10-8-11)22(33)12(2)31(23(34)14-5-3-4-6-15(14)30)32-24(35)16-17(25(32)36)19(27)21(29)20(28)18(16)26/h3-10,12H,1-2H3/t12-/m1/s1. The number of aryl methyl sites for hydroxylation is 1. The quantitative estimate of drug-likeness (QED) is 0.116. The van der Waals surface area contributed by atoms with Crippen LogP contribution in [-0.4, -0.2) is 39.6 Å². The molecule has 36 heavy (non-hydrogen) atoms. The number of imide groups is 1. The third-order valence-corrected chi connectivity index (χ3v) is 10.8. The van der Waals surface area contributed by atoms with Gasteiger partial charge in [-0.2, -0.15) is 5.01 Å². The summed E-state index contributed by atoms with van der Waals surface area (Å²) in [5.41, 5.74) is 1.42. The molecule has 0 N–H and O–H groups in total. The lowest BCUT2D eigenvalue weighted by Crippen LogP contribution is -2.56. The van der Waals surface area contributed by atoms with Gasteiger partial charge in [-0.05, 0) is 89.7 Å². The van der Waals surface area contributed by atoms with Crippen molar-refractivity contribution in [1.29, 1.82) is 0 Å². The van der Waals surface area contributed by atoms with Crippen molar-refractivity contribution in [3.05, 3.63) is 99.3 Å². The molecule has 0 aliphatic carbocycles. The van der Waals surface area contributed by atoms with Gasteiger partial charge in [0.1, 0.15) is 6.04 Å². The van der Waals surface area contributed by atoms with Crippen LogP contribution in [0.4, 0.5) is 0 Å². The van der Waals surface area contributed by atoms with Crippen LogP contribution in [0.3, 0.4) is 0 Å². The van der Waals surface area contributed by atoms with E-state index in [4.69, 9.17) is 11.6 Å². The summed E-state index contributed by atoms with van der Waals surface area (Å²) in [6.07, 6.45) is 0. The molecule has 4 rings (SSSR count). The molecule has 184 valence electrons. The second-order valence-electron chi connectivity index (χ2n) is 7.96. The van der Waals surface area contributed by atoms with Gasteiger partial charge in [-0.25, -0.2) is 5.01 Å². The predicted octanol–water partition coefficient (Wildman–Crippen LogP) is 7.62. The van der Waals surface area contributed by atoms with Crippen LogP contribution >= 0.6 is 75.3 Å². The first-order valence-corrected chi connectivity index (χ1v) is 14.0. The molecular weight excluding hydrogens is 747 g/mol. The van der Waals surface area contributed by atoms with E-state index in [9.17, 15) is 19.2 Å². The fourth-order valence-electron chi connectivity index (χ4n) is 3.80. The number of benzene rings is 3. The average Bonchev–Trinajstić information content (AvgIpc) is 3.12. The van der Waals surface area contributed by atoms with Gasteiger partial charge >= 0.3 is 0 Å². The zero-order chi connectivity index (χ0) is 26.5. The summed E-state index contributed by atoms with van der Waals surface area (Å²) in [4.78, 5) is 54.7. The minimum Gasteiger partial charge on any atom is -0.292 e. The monoisotopic (exact) mass is 758 g/mol. The molecule has 0 bridgehead atoms. The number of hydrogen-bond donors (Lipinski definition) is 0. The Labute approximate surface area is 245 Å². The largest absolute Gasteiger partial charge is 0.292 e. The number of carbonyl (C=O) groups is 4. The molecule has 3 aromatic rings. The van der Waals surface area contributed by atoms with Crippen LogP contribution in [0, 0.1) is 6.92 Å². The van der Waals surface area contributed by atoms with Gasteiger partial charge < -0.3 is 0 Å². The highest BCUT2D eigenvalue weighted by Gasteiger charge is 2.48. The van der Waals surface area contributed by atoms with Crippen molar-refractivity contribution in [2.45, 2.75) is 19.9 Å². The summed E-state index contributed by atoms with van der Waals surface area (Å²) in [6, 6.07) is 11.8. The molecule has 1 aliphatic rings. The normalized spacial score (nSPS) is 13.6. The van der Waals surface area contributed by atoms with Gasteiger partial charge in [0.15, 0.2) is 5.78 Å². The molecule has 1 atom stereocenters. The van der Waals surface area contributed by atoms with E-state index in [1.165, 1.54) is 19.1 Å². The molecule has 0 radical (unpaired) electrons. The van der Waals surface area contributed by atoms with E-state index in [-0.39, 0.29) is 21.7 Å². The number of carbonyl (C=O) groups excluding carboxylic acids is 4. The number of ketones is 1. The number of fused-ring (bicyclic) bond motifs is 1. The molecule has 1 heterocycles. The molecule has 3 amide bonds. The first kappa shape index (κ1) is 27.2. The van der Waals surface area contributed by atoms with E-state index in [1.807, 2.05) is 6.92 Å². The Morgan fingerprint density at radius 1 is 0.833 bits per heavy atom. The number of hydrogen-bond acceptors (Lipinski definition) is 4. The molecule has 0 fully saturated rings. The summed E-state index contributed by atoms with van der Waals surface area (Å²) in [5, 5.41) is 1.71. The van der Waals surface area contributed by atoms with Gasteiger partial charge in [0, 0.05) is 23.5 Å². The first-order valence-electron chi connectivity index (χ1n) is 10.4. The van der Waals surface area contributed by atoms with Gasteiger partial charge in [0.05, 0.1) is 21.7 Å². The summed E-state index contributed by atoms with van der Waals surface area (Å²) in [6.45, 7) is 3.35. The lowest BCUT2D eigenvalue weighted by Gasteiger charge is -2.34. The van der Waals surface area contributed by atoms with E-state index in [1.54, 1.807) is 36.4 Å². The topological polar surface area (TPSA) is 74.8 Å². The van der Waals surface area contributed by atoms with Crippen LogP contribution in [0.25, 0.3) is 0 Å². The Hall–Kier alpha value is -1.85. The predicted molar refractivity (Wildman–Crippen MR) is 150 cm³/mol. The zero-order valence-electron chi connectivity index (χ0n) is 18.6. The molecule has 0 saturated carbocycles. The fraction of sp³-hybridized carbons (Fsp3) is 0.120. The highest BCUT2D eigenvalue weighted by molar-refractivity contribution is 9.15. The average molecular weight is 762 g/mol. The summed E-state index contributed by atoms with van der Waals surface area (Å²) in [7, 11) is 0. The van der Waals surface area contributed by atoms with Crippen LogP contribution in [-0.2, 0) is 0 Å². The maximum atomic E-state index is 13.8. The van der Waals surface area contributed by atoms with Gasteiger partial charge in [0.25, 0.3) is 17.7 Å². The number of halogens is 5. The van der Waals surface area contributed by atoms with Crippen molar-refractivity contribution in [3.8, 4) is 0 Å². The number of nitrogens with zero attached hydrogens (tertiary/aromatic N) is 2.